The van der Waals surface area contributed by atoms with Crippen LogP contribution in [0.15, 0.2) is 0 Å². The van der Waals surface area contributed by atoms with Crippen molar-refractivity contribution in [3.8, 4) is 0 Å². The van der Waals surface area contributed by atoms with Gasteiger partial charge in [-0.2, -0.15) is 0 Å². The Morgan fingerprint density at radius 2 is 0.825 bits per heavy atom. The SMILES string of the molecule is CCCCCCCC(=O)OCCOCCOCCOCCOCCOCCOCCOCCC(=O)OC(C)(C)C. The largest absolute Gasteiger partial charge is 0.463 e. The van der Waals surface area contributed by atoms with Crippen LogP contribution in [-0.2, 0) is 52.2 Å². The zero-order valence-corrected chi connectivity index (χ0v) is 25.5. The van der Waals surface area contributed by atoms with Crippen molar-refractivity contribution in [1.29, 1.82) is 0 Å². The smallest absolute Gasteiger partial charge is 0.308 e. The van der Waals surface area contributed by atoms with E-state index in [0.717, 1.165) is 12.8 Å². The van der Waals surface area contributed by atoms with Crippen LogP contribution in [0.5, 0.6) is 0 Å². The van der Waals surface area contributed by atoms with Crippen molar-refractivity contribution in [2.75, 3.05) is 99.1 Å². The normalized spacial score (nSPS) is 11.6. The lowest BCUT2D eigenvalue weighted by molar-refractivity contribution is -0.156. The second-order valence-corrected chi connectivity index (χ2v) is 10.0. The molecule has 0 saturated heterocycles. The van der Waals surface area contributed by atoms with Crippen LogP contribution in [0.3, 0.4) is 0 Å². The van der Waals surface area contributed by atoms with Crippen LogP contribution >= 0.6 is 0 Å². The lowest BCUT2D eigenvalue weighted by Crippen LogP contribution is -2.24. The number of esters is 2. The molecule has 0 radical (unpaired) electrons. The van der Waals surface area contributed by atoms with E-state index in [9.17, 15) is 9.59 Å². The van der Waals surface area contributed by atoms with E-state index in [-0.39, 0.29) is 25.0 Å². The zero-order valence-electron chi connectivity index (χ0n) is 25.5. The van der Waals surface area contributed by atoms with E-state index < -0.39 is 5.60 Å². The lowest BCUT2D eigenvalue weighted by atomic mass is 10.1. The van der Waals surface area contributed by atoms with Gasteiger partial charge in [0.05, 0.1) is 98.9 Å². The monoisotopic (exact) mass is 580 g/mol. The number of hydrogen-bond acceptors (Lipinski definition) is 11. The summed E-state index contributed by atoms with van der Waals surface area (Å²) >= 11 is 0. The van der Waals surface area contributed by atoms with E-state index in [4.69, 9.17) is 42.6 Å². The second kappa shape index (κ2) is 29.2. The van der Waals surface area contributed by atoms with Gasteiger partial charge < -0.3 is 42.6 Å². The molecule has 0 rings (SSSR count). The first-order valence-electron chi connectivity index (χ1n) is 14.8. The van der Waals surface area contributed by atoms with Gasteiger partial charge in [-0.15, -0.1) is 0 Å². The number of hydrogen-bond donors (Lipinski definition) is 0. The Labute approximate surface area is 241 Å². The first kappa shape index (κ1) is 38.7. The van der Waals surface area contributed by atoms with Gasteiger partial charge in [-0.25, -0.2) is 0 Å². The Bertz CT molecular complexity index is 567. The topological polar surface area (TPSA) is 117 Å². The fourth-order valence-electron chi connectivity index (χ4n) is 3.13. The van der Waals surface area contributed by atoms with Gasteiger partial charge in [0.2, 0.25) is 0 Å². The first-order chi connectivity index (χ1) is 19.3. The highest BCUT2D eigenvalue weighted by Crippen LogP contribution is 2.08. The standard InChI is InChI=1S/C29H56O11/c1-5-6-7-8-9-10-27(30)39-26-25-38-24-23-37-22-21-36-20-19-35-18-17-34-16-15-33-14-13-32-12-11-28(31)40-29(2,3)4/h5-26H2,1-4H3. The minimum Gasteiger partial charge on any atom is -0.463 e. The predicted molar refractivity (Wildman–Crippen MR) is 151 cm³/mol. The second-order valence-electron chi connectivity index (χ2n) is 10.0. The Balaban J connectivity index is 3.16. The van der Waals surface area contributed by atoms with Gasteiger partial charge in [-0.05, 0) is 27.2 Å². The Kier molecular flexibility index (Phi) is 28.2. The predicted octanol–water partition coefficient (Wildman–Crippen LogP) is 3.74. The summed E-state index contributed by atoms with van der Waals surface area (Å²) in [6.07, 6.45) is 6.30. The van der Waals surface area contributed by atoms with Gasteiger partial charge in [0.15, 0.2) is 0 Å². The van der Waals surface area contributed by atoms with Crippen molar-refractivity contribution < 1.29 is 52.2 Å². The number of ether oxygens (including phenoxy) is 9. The van der Waals surface area contributed by atoms with E-state index >= 15 is 0 Å². The maximum Gasteiger partial charge on any atom is 0.308 e. The summed E-state index contributed by atoms with van der Waals surface area (Å²) in [5.41, 5.74) is -0.472. The molecule has 0 aromatic carbocycles. The molecule has 0 bridgehead atoms. The van der Waals surface area contributed by atoms with Crippen LogP contribution in [0.1, 0.15) is 72.6 Å². The van der Waals surface area contributed by atoms with Gasteiger partial charge in [0.25, 0.3) is 0 Å². The highest BCUT2D eigenvalue weighted by Gasteiger charge is 2.15. The maximum absolute atomic E-state index is 11.6. The molecule has 238 valence electrons. The highest BCUT2D eigenvalue weighted by molar-refractivity contribution is 5.70. The van der Waals surface area contributed by atoms with Crippen LogP contribution in [0, 0.1) is 0 Å². The third-order valence-electron chi connectivity index (χ3n) is 5.08. The number of rotatable bonds is 30. The molecule has 0 amide bonds. The van der Waals surface area contributed by atoms with E-state index in [1.54, 1.807) is 0 Å². The van der Waals surface area contributed by atoms with Crippen LogP contribution in [-0.4, -0.2) is 117 Å². The lowest BCUT2D eigenvalue weighted by Gasteiger charge is -2.19. The summed E-state index contributed by atoms with van der Waals surface area (Å²) in [5, 5.41) is 0. The van der Waals surface area contributed by atoms with Crippen molar-refractivity contribution in [3.05, 3.63) is 0 Å². The van der Waals surface area contributed by atoms with E-state index in [0.29, 0.717) is 98.9 Å². The number of carbonyl (C=O) groups excluding carboxylic acids is 2. The fraction of sp³-hybridized carbons (Fsp3) is 0.931. The summed E-state index contributed by atoms with van der Waals surface area (Å²) in [5.74, 6) is -0.415. The quantitative estimate of drug-likeness (QED) is 0.0913. The molecule has 0 unspecified atom stereocenters. The molecule has 0 aliphatic heterocycles. The molecule has 0 aromatic heterocycles. The summed E-state index contributed by atoms with van der Waals surface area (Å²) in [6, 6.07) is 0. The van der Waals surface area contributed by atoms with Crippen molar-refractivity contribution in [2.45, 2.75) is 78.2 Å². The van der Waals surface area contributed by atoms with Crippen molar-refractivity contribution in [2.24, 2.45) is 0 Å². The van der Waals surface area contributed by atoms with E-state index in [1.807, 2.05) is 20.8 Å². The van der Waals surface area contributed by atoms with Crippen molar-refractivity contribution >= 4 is 11.9 Å². The minimum atomic E-state index is -0.472. The van der Waals surface area contributed by atoms with E-state index in [2.05, 4.69) is 6.92 Å². The molecule has 0 heterocycles. The average Bonchev–Trinajstić information content (AvgIpc) is 2.90. The molecule has 0 fully saturated rings. The van der Waals surface area contributed by atoms with Crippen molar-refractivity contribution in [1.82, 2.24) is 0 Å². The first-order valence-corrected chi connectivity index (χ1v) is 14.8. The van der Waals surface area contributed by atoms with E-state index in [1.165, 1.54) is 19.3 Å². The fourth-order valence-corrected chi connectivity index (χ4v) is 3.13. The summed E-state index contributed by atoms with van der Waals surface area (Å²) in [4.78, 5) is 23.1. The zero-order chi connectivity index (χ0) is 29.6. The van der Waals surface area contributed by atoms with Crippen LogP contribution in [0.2, 0.25) is 0 Å². The Hall–Kier alpha value is -1.34. The number of unbranched alkanes of at least 4 members (excludes halogenated alkanes) is 4. The summed E-state index contributed by atoms with van der Waals surface area (Å²) in [7, 11) is 0. The third-order valence-corrected chi connectivity index (χ3v) is 5.08. The molecule has 0 spiro atoms. The molecule has 0 aromatic rings. The van der Waals surface area contributed by atoms with Gasteiger partial charge in [-0.1, -0.05) is 32.6 Å². The molecule has 0 aliphatic rings. The van der Waals surface area contributed by atoms with Crippen LogP contribution in [0.4, 0.5) is 0 Å². The minimum absolute atomic E-state index is 0.150. The molecular formula is C29H56O11. The third kappa shape index (κ3) is 32.9. The molecule has 40 heavy (non-hydrogen) atoms. The molecule has 11 heteroatoms. The van der Waals surface area contributed by atoms with Gasteiger partial charge in [0, 0.05) is 6.42 Å². The highest BCUT2D eigenvalue weighted by atomic mass is 16.6. The van der Waals surface area contributed by atoms with Crippen molar-refractivity contribution in [3.63, 3.8) is 0 Å². The van der Waals surface area contributed by atoms with Gasteiger partial charge in [0.1, 0.15) is 12.2 Å². The molecule has 0 aliphatic carbocycles. The van der Waals surface area contributed by atoms with Crippen LogP contribution < -0.4 is 0 Å². The number of carbonyl (C=O) groups is 2. The summed E-state index contributed by atoms with van der Waals surface area (Å²) < 4.78 is 48.3. The van der Waals surface area contributed by atoms with Gasteiger partial charge in [-0.3, -0.25) is 9.59 Å². The molecule has 11 nitrogen and oxygen atoms in total. The molecule has 0 saturated carbocycles. The Morgan fingerprint density at radius 1 is 0.450 bits per heavy atom. The maximum atomic E-state index is 11.6. The van der Waals surface area contributed by atoms with Gasteiger partial charge >= 0.3 is 11.9 Å². The summed E-state index contributed by atoms with van der Waals surface area (Å²) in [6.45, 7) is 14.3. The average molecular weight is 581 g/mol. The molecule has 0 N–H and O–H groups in total. The molecule has 0 atom stereocenters. The Morgan fingerprint density at radius 3 is 1.23 bits per heavy atom. The molecular weight excluding hydrogens is 524 g/mol. The van der Waals surface area contributed by atoms with Crippen LogP contribution in [0.25, 0.3) is 0 Å².